The number of nitrogens with zero attached hydrogens (tertiary/aromatic N) is 4. The van der Waals surface area contributed by atoms with Crippen LogP contribution in [0.15, 0.2) is 16.9 Å². The highest BCUT2D eigenvalue weighted by atomic mass is 16.5. The number of hydrogen-bond acceptors (Lipinski definition) is 6. The van der Waals surface area contributed by atoms with Crippen LogP contribution in [0, 0.1) is 13.8 Å². The second-order valence-electron chi connectivity index (χ2n) is 3.02. The molecule has 0 amide bonds. The van der Waals surface area contributed by atoms with Crippen LogP contribution >= 0.6 is 0 Å². The highest BCUT2D eigenvalue weighted by Crippen LogP contribution is 2.06. The molecule has 2 heterocycles. The third-order valence-corrected chi connectivity index (χ3v) is 1.67. The summed E-state index contributed by atoms with van der Waals surface area (Å²) in [4.78, 5) is 12.1. The van der Waals surface area contributed by atoms with Gasteiger partial charge in [-0.15, -0.1) is 0 Å². The lowest BCUT2D eigenvalue weighted by molar-refractivity contribution is 0.234. The molecule has 0 saturated heterocycles. The molecule has 0 saturated carbocycles. The van der Waals surface area contributed by atoms with E-state index in [4.69, 9.17) is 9.26 Å². The Balaban J connectivity index is 0.000000686. The number of hydrogen-bond donors (Lipinski definition) is 0. The second kappa shape index (κ2) is 6.57. The maximum Gasteiger partial charge on any atom is 0.264 e. The fraction of sp³-hybridized carbons (Fsp3) is 0.455. The van der Waals surface area contributed by atoms with Gasteiger partial charge in [-0.25, -0.2) is 4.98 Å². The SMILES string of the molecule is CC.Cc1cnc(OCc2nc(C)no2)cn1. The highest BCUT2D eigenvalue weighted by Gasteiger charge is 2.03. The Morgan fingerprint density at radius 1 is 1.18 bits per heavy atom. The third kappa shape index (κ3) is 4.18. The lowest BCUT2D eigenvalue weighted by Gasteiger charge is -2.00. The van der Waals surface area contributed by atoms with Crippen molar-refractivity contribution in [1.82, 2.24) is 20.1 Å². The minimum atomic E-state index is 0.207. The molecular weight excluding hydrogens is 220 g/mol. The Labute approximate surface area is 100 Å². The van der Waals surface area contributed by atoms with Gasteiger partial charge < -0.3 is 9.26 Å². The Morgan fingerprint density at radius 3 is 2.47 bits per heavy atom. The van der Waals surface area contributed by atoms with Gasteiger partial charge in [0.05, 0.1) is 18.1 Å². The molecule has 0 N–H and O–H groups in total. The number of ether oxygens (including phenoxy) is 1. The largest absolute Gasteiger partial charge is 0.466 e. The minimum Gasteiger partial charge on any atom is -0.466 e. The van der Waals surface area contributed by atoms with Crippen LogP contribution in [0.1, 0.15) is 31.3 Å². The Hall–Kier alpha value is -1.98. The van der Waals surface area contributed by atoms with E-state index >= 15 is 0 Å². The summed E-state index contributed by atoms with van der Waals surface area (Å²) in [6.45, 7) is 7.81. The van der Waals surface area contributed by atoms with Crippen LogP contribution in [-0.2, 0) is 6.61 Å². The normalized spacial score (nSPS) is 9.41. The van der Waals surface area contributed by atoms with Gasteiger partial charge in [-0.2, -0.15) is 4.98 Å². The van der Waals surface area contributed by atoms with Crippen LogP contribution in [0.2, 0.25) is 0 Å². The first-order valence-corrected chi connectivity index (χ1v) is 5.44. The molecule has 92 valence electrons. The molecule has 2 rings (SSSR count). The van der Waals surface area contributed by atoms with E-state index in [1.54, 1.807) is 19.3 Å². The summed E-state index contributed by atoms with van der Waals surface area (Å²) in [5.41, 5.74) is 0.844. The van der Waals surface area contributed by atoms with Gasteiger partial charge in [0.15, 0.2) is 12.4 Å². The number of aromatic nitrogens is 4. The summed E-state index contributed by atoms with van der Waals surface area (Å²) in [6, 6.07) is 0. The molecule has 0 fully saturated rings. The molecule has 6 heteroatoms. The van der Waals surface area contributed by atoms with Gasteiger partial charge in [-0.1, -0.05) is 19.0 Å². The fourth-order valence-electron chi connectivity index (χ4n) is 0.990. The molecule has 0 spiro atoms. The van der Waals surface area contributed by atoms with Crippen molar-refractivity contribution in [2.45, 2.75) is 34.3 Å². The van der Waals surface area contributed by atoms with Crippen molar-refractivity contribution >= 4 is 0 Å². The van der Waals surface area contributed by atoms with Crippen LogP contribution in [0.5, 0.6) is 5.88 Å². The molecule has 0 aromatic carbocycles. The molecule has 0 aliphatic heterocycles. The summed E-state index contributed by atoms with van der Waals surface area (Å²) < 4.78 is 10.2. The lowest BCUT2D eigenvalue weighted by atomic mass is 10.5. The van der Waals surface area contributed by atoms with Crippen LogP contribution in [-0.4, -0.2) is 20.1 Å². The summed E-state index contributed by atoms with van der Waals surface area (Å²) in [5, 5.41) is 3.64. The summed E-state index contributed by atoms with van der Waals surface area (Å²) in [7, 11) is 0. The molecule has 6 nitrogen and oxygen atoms in total. The van der Waals surface area contributed by atoms with Crippen molar-refractivity contribution in [3.63, 3.8) is 0 Å². The monoisotopic (exact) mass is 236 g/mol. The third-order valence-electron chi connectivity index (χ3n) is 1.67. The van der Waals surface area contributed by atoms with Gasteiger partial charge in [0.25, 0.3) is 5.89 Å². The van der Waals surface area contributed by atoms with E-state index in [0.29, 0.717) is 17.6 Å². The van der Waals surface area contributed by atoms with Gasteiger partial charge in [0, 0.05) is 0 Å². The van der Waals surface area contributed by atoms with Gasteiger partial charge >= 0.3 is 0 Å². The lowest BCUT2D eigenvalue weighted by Crippen LogP contribution is -1.98. The zero-order valence-corrected chi connectivity index (χ0v) is 10.5. The van der Waals surface area contributed by atoms with Crippen LogP contribution in [0.4, 0.5) is 0 Å². The Bertz CT molecular complexity index is 439. The Kier molecular flexibility index (Phi) is 5.06. The summed E-state index contributed by atoms with van der Waals surface area (Å²) >= 11 is 0. The Morgan fingerprint density at radius 2 is 1.94 bits per heavy atom. The van der Waals surface area contributed by atoms with Crippen LogP contribution < -0.4 is 4.74 Å². The van der Waals surface area contributed by atoms with E-state index in [1.165, 1.54) is 0 Å². The molecule has 0 unspecified atom stereocenters. The van der Waals surface area contributed by atoms with Crippen molar-refractivity contribution in [2.75, 3.05) is 0 Å². The van der Waals surface area contributed by atoms with Gasteiger partial charge in [0.1, 0.15) is 0 Å². The van der Waals surface area contributed by atoms with Crippen molar-refractivity contribution in [2.24, 2.45) is 0 Å². The molecule has 0 aliphatic carbocycles. The number of rotatable bonds is 3. The molecule has 17 heavy (non-hydrogen) atoms. The molecule has 0 radical (unpaired) electrons. The number of aryl methyl sites for hydroxylation is 2. The minimum absolute atomic E-state index is 0.207. The van der Waals surface area contributed by atoms with E-state index in [2.05, 4.69) is 20.1 Å². The van der Waals surface area contributed by atoms with E-state index in [0.717, 1.165) is 5.69 Å². The molecule has 0 atom stereocenters. The first-order chi connectivity index (χ1) is 8.24. The smallest absolute Gasteiger partial charge is 0.264 e. The molecule has 0 bridgehead atoms. The standard InChI is InChI=1S/C9H10N4O2.C2H6/c1-6-3-11-8(4-10-6)14-5-9-12-7(2)13-15-9;1-2/h3-4H,5H2,1-2H3;1-2H3. The zero-order chi connectivity index (χ0) is 12.7. The van der Waals surface area contributed by atoms with E-state index in [1.807, 2.05) is 20.8 Å². The summed E-state index contributed by atoms with van der Waals surface area (Å²) in [5.74, 6) is 1.45. The quantitative estimate of drug-likeness (QED) is 0.812. The fourth-order valence-corrected chi connectivity index (χ4v) is 0.990. The van der Waals surface area contributed by atoms with E-state index in [9.17, 15) is 0 Å². The maximum absolute atomic E-state index is 5.29. The van der Waals surface area contributed by atoms with Crippen molar-refractivity contribution < 1.29 is 9.26 Å². The van der Waals surface area contributed by atoms with Crippen LogP contribution in [0.25, 0.3) is 0 Å². The second-order valence-corrected chi connectivity index (χ2v) is 3.02. The predicted molar refractivity (Wildman–Crippen MR) is 61.5 cm³/mol. The first kappa shape index (κ1) is 13.1. The zero-order valence-electron chi connectivity index (χ0n) is 10.5. The molecule has 0 aliphatic rings. The average Bonchev–Trinajstić information content (AvgIpc) is 2.77. The van der Waals surface area contributed by atoms with Gasteiger partial charge in [0.2, 0.25) is 5.88 Å². The van der Waals surface area contributed by atoms with Gasteiger partial charge in [-0.05, 0) is 13.8 Å². The molecule has 2 aromatic rings. The predicted octanol–water partition coefficient (Wildman–Crippen LogP) is 2.08. The van der Waals surface area contributed by atoms with E-state index in [-0.39, 0.29) is 6.61 Å². The van der Waals surface area contributed by atoms with Crippen molar-refractivity contribution in [3.8, 4) is 5.88 Å². The molecular formula is C11H16N4O2. The summed E-state index contributed by atoms with van der Waals surface area (Å²) in [6.07, 6.45) is 3.19. The van der Waals surface area contributed by atoms with Crippen molar-refractivity contribution in [3.05, 3.63) is 29.8 Å². The average molecular weight is 236 g/mol. The van der Waals surface area contributed by atoms with Crippen LogP contribution in [0.3, 0.4) is 0 Å². The van der Waals surface area contributed by atoms with Gasteiger partial charge in [-0.3, -0.25) is 4.98 Å². The van der Waals surface area contributed by atoms with E-state index < -0.39 is 0 Å². The van der Waals surface area contributed by atoms with Crippen molar-refractivity contribution in [1.29, 1.82) is 0 Å². The highest BCUT2D eigenvalue weighted by molar-refractivity contribution is 5.05. The first-order valence-electron chi connectivity index (χ1n) is 5.44. The maximum atomic E-state index is 5.29. The molecule has 2 aromatic heterocycles. The topological polar surface area (TPSA) is 73.9 Å².